The highest BCUT2D eigenvalue weighted by molar-refractivity contribution is 5.98. The average molecular weight is 334 g/mol. The topological polar surface area (TPSA) is 61.0 Å². The highest BCUT2D eigenvalue weighted by atomic mass is 16.1. The number of aromatic amines is 1. The lowest BCUT2D eigenvalue weighted by Gasteiger charge is -2.33. The molecular weight excluding hydrogens is 312 g/mol. The largest absolute Gasteiger partial charge is 0.348 e. The summed E-state index contributed by atoms with van der Waals surface area (Å²) in [6.07, 6.45) is 3.89. The van der Waals surface area contributed by atoms with Crippen LogP contribution in [0.25, 0.3) is 10.9 Å². The number of rotatable bonds is 4. The van der Waals surface area contributed by atoms with Crippen LogP contribution >= 0.6 is 0 Å². The number of aromatic nitrogens is 2. The van der Waals surface area contributed by atoms with Gasteiger partial charge in [-0.25, -0.2) is 0 Å². The van der Waals surface area contributed by atoms with Crippen molar-refractivity contribution in [2.75, 3.05) is 13.1 Å². The number of hydrogen-bond donors (Lipinski definition) is 2. The third-order valence-corrected chi connectivity index (χ3v) is 4.79. The lowest BCUT2D eigenvalue weighted by Crippen LogP contribution is -2.47. The first-order valence-corrected chi connectivity index (χ1v) is 8.78. The number of benzene rings is 2. The molecule has 1 amide bonds. The van der Waals surface area contributed by atoms with E-state index in [0.29, 0.717) is 5.56 Å². The van der Waals surface area contributed by atoms with Crippen LogP contribution in [0, 0.1) is 0 Å². The lowest BCUT2D eigenvalue weighted by molar-refractivity contribution is 0.0901. The first-order chi connectivity index (χ1) is 12.3. The molecule has 1 aromatic heterocycles. The number of piperidine rings is 1. The Hall–Kier alpha value is -2.66. The molecule has 4 rings (SSSR count). The molecule has 25 heavy (non-hydrogen) atoms. The van der Waals surface area contributed by atoms with E-state index in [1.54, 1.807) is 6.20 Å². The first kappa shape index (κ1) is 15.8. The van der Waals surface area contributed by atoms with Crippen LogP contribution < -0.4 is 5.32 Å². The number of nitrogens with zero attached hydrogens (tertiary/aromatic N) is 2. The number of fused-ring (bicyclic) bond motifs is 1. The molecule has 2 N–H and O–H groups in total. The molecule has 5 heteroatoms. The maximum atomic E-state index is 12.6. The van der Waals surface area contributed by atoms with E-state index in [-0.39, 0.29) is 11.9 Å². The van der Waals surface area contributed by atoms with Crippen LogP contribution in [0.3, 0.4) is 0 Å². The number of hydrogen-bond acceptors (Lipinski definition) is 3. The smallest absolute Gasteiger partial charge is 0.251 e. The van der Waals surface area contributed by atoms with Crippen molar-refractivity contribution < 1.29 is 4.79 Å². The fraction of sp³-hybridized carbons (Fsp3) is 0.300. The van der Waals surface area contributed by atoms with Crippen LogP contribution in [0.5, 0.6) is 0 Å². The van der Waals surface area contributed by atoms with Gasteiger partial charge in [0.1, 0.15) is 0 Å². The summed E-state index contributed by atoms with van der Waals surface area (Å²) in [4.78, 5) is 15.0. The molecule has 2 heterocycles. The lowest BCUT2D eigenvalue weighted by atomic mass is 10.0. The molecule has 1 aliphatic heterocycles. The minimum atomic E-state index is -0.00494. The van der Waals surface area contributed by atoms with Gasteiger partial charge >= 0.3 is 0 Å². The fourth-order valence-electron chi connectivity index (χ4n) is 3.51. The zero-order valence-corrected chi connectivity index (χ0v) is 14.1. The van der Waals surface area contributed by atoms with Crippen LogP contribution in [0.4, 0.5) is 0 Å². The Kier molecular flexibility index (Phi) is 4.48. The van der Waals surface area contributed by atoms with E-state index in [1.165, 1.54) is 5.56 Å². The van der Waals surface area contributed by atoms with Crippen molar-refractivity contribution >= 4 is 16.8 Å². The zero-order chi connectivity index (χ0) is 17.1. The van der Waals surface area contributed by atoms with Gasteiger partial charge in [-0.15, -0.1) is 0 Å². The van der Waals surface area contributed by atoms with E-state index >= 15 is 0 Å². The Labute approximate surface area is 147 Å². The van der Waals surface area contributed by atoms with Crippen LogP contribution in [0.15, 0.2) is 54.7 Å². The molecule has 0 saturated carbocycles. The predicted octanol–water partition coefficient (Wildman–Crippen LogP) is 2.96. The molecule has 0 spiro atoms. The SMILES string of the molecule is O=C(NC1CCCN(Cc2ccccc2)C1)c1ccc2[nH]ncc2c1. The summed E-state index contributed by atoms with van der Waals surface area (Å²) < 4.78 is 0. The summed E-state index contributed by atoms with van der Waals surface area (Å²) >= 11 is 0. The summed E-state index contributed by atoms with van der Waals surface area (Å²) in [5.74, 6) is -0.00494. The van der Waals surface area contributed by atoms with Gasteiger partial charge < -0.3 is 5.32 Å². The minimum Gasteiger partial charge on any atom is -0.348 e. The molecule has 1 atom stereocenters. The van der Waals surface area contributed by atoms with E-state index in [2.05, 4.69) is 44.7 Å². The van der Waals surface area contributed by atoms with Gasteiger partial charge in [-0.1, -0.05) is 30.3 Å². The Morgan fingerprint density at radius 1 is 1.24 bits per heavy atom. The molecule has 1 aliphatic rings. The van der Waals surface area contributed by atoms with E-state index in [4.69, 9.17) is 0 Å². The number of carbonyl (C=O) groups is 1. The molecule has 2 aromatic carbocycles. The van der Waals surface area contributed by atoms with E-state index < -0.39 is 0 Å². The first-order valence-electron chi connectivity index (χ1n) is 8.78. The Balaban J connectivity index is 1.38. The highest BCUT2D eigenvalue weighted by Crippen LogP contribution is 2.16. The van der Waals surface area contributed by atoms with E-state index in [1.807, 2.05) is 24.3 Å². The second-order valence-corrected chi connectivity index (χ2v) is 6.71. The van der Waals surface area contributed by atoms with E-state index in [0.717, 1.165) is 43.4 Å². The van der Waals surface area contributed by atoms with Crippen LogP contribution in [-0.4, -0.2) is 40.1 Å². The molecular formula is C20H22N4O. The molecule has 5 nitrogen and oxygen atoms in total. The van der Waals surface area contributed by atoms with Crippen molar-refractivity contribution in [3.8, 4) is 0 Å². The Morgan fingerprint density at radius 3 is 3.00 bits per heavy atom. The second kappa shape index (κ2) is 7.07. The van der Waals surface area contributed by atoms with Crippen molar-refractivity contribution in [2.24, 2.45) is 0 Å². The van der Waals surface area contributed by atoms with Crippen LogP contribution in [0.2, 0.25) is 0 Å². The molecule has 1 unspecified atom stereocenters. The molecule has 128 valence electrons. The Morgan fingerprint density at radius 2 is 2.12 bits per heavy atom. The van der Waals surface area contributed by atoms with Gasteiger partial charge in [0.15, 0.2) is 0 Å². The fourth-order valence-corrected chi connectivity index (χ4v) is 3.51. The third kappa shape index (κ3) is 3.72. The molecule has 0 aliphatic carbocycles. The van der Waals surface area contributed by atoms with Crippen molar-refractivity contribution in [3.05, 3.63) is 65.9 Å². The summed E-state index contributed by atoms with van der Waals surface area (Å²) in [6, 6.07) is 16.3. The number of carbonyl (C=O) groups excluding carboxylic acids is 1. The quantitative estimate of drug-likeness (QED) is 0.771. The van der Waals surface area contributed by atoms with Gasteiger partial charge in [-0.2, -0.15) is 5.10 Å². The number of likely N-dealkylation sites (tertiary alicyclic amines) is 1. The number of H-pyrrole nitrogens is 1. The summed E-state index contributed by atoms with van der Waals surface area (Å²) in [6.45, 7) is 2.92. The van der Waals surface area contributed by atoms with Crippen molar-refractivity contribution in [1.29, 1.82) is 0 Å². The Bertz CT molecular complexity index is 858. The third-order valence-electron chi connectivity index (χ3n) is 4.79. The highest BCUT2D eigenvalue weighted by Gasteiger charge is 2.22. The van der Waals surface area contributed by atoms with Crippen LogP contribution in [0.1, 0.15) is 28.8 Å². The zero-order valence-electron chi connectivity index (χ0n) is 14.1. The standard InChI is InChI=1S/C20H22N4O/c25-20(16-8-9-19-17(11-16)12-21-23-19)22-18-7-4-10-24(14-18)13-15-5-2-1-3-6-15/h1-3,5-6,8-9,11-12,18H,4,7,10,13-14H2,(H,21,23)(H,22,25). The predicted molar refractivity (Wildman–Crippen MR) is 98.3 cm³/mol. The number of amides is 1. The van der Waals surface area contributed by atoms with Gasteiger partial charge in [-0.05, 0) is 43.1 Å². The van der Waals surface area contributed by atoms with Crippen molar-refractivity contribution in [1.82, 2.24) is 20.4 Å². The number of nitrogens with one attached hydrogen (secondary N) is 2. The van der Waals surface area contributed by atoms with Crippen LogP contribution in [-0.2, 0) is 6.54 Å². The molecule has 1 saturated heterocycles. The normalized spacial score (nSPS) is 18.3. The second-order valence-electron chi connectivity index (χ2n) is 6.71. The molecule has 1 fully saturated rings. The van der Waals surface area contributed by atoms with E-state index in [9.17, 15) is 4.79 Å². The molecule has 0 bridgehead atoms. The van der Waals surface area contributed by atoms with Gasteiger partial charge in [-0.3, -0.25) is 14.8 Å². The summed E-state index contributed by atoms with van der Waals surface area (Å²) in [5.41, 5.74) is 2.96. The summed E-state index contributed by atoms with van der Waals surface area (Å²) in [7, 11) is 0. The van der Waals surface area contributed by atoms with Gasteiger partial charge in [0.05, 0.1) is 11.7 Å². The van der Waals surface area contributed by atoms with Crippen molar-refractivity contribution in [3.63, 3.8) is 0 Å². The maximum Gasteiger partial charge on any atom is 0.251 e. The van der Waals surface area contributed by atoms with Gasteiger partial charge in [0.2, 0.25) is 0 Å². The van der Waals surface area contributed by atoms with Gasteiger partial charge in [0, 0.05) is 30.1 Å². The van der Waals surface area contributed by atoms with Crippen molar-refractivity contribution in [2.45, 2.75) is 25.4 Å². The molecule has 3 aromatic rings. The van der Waals surface area contributed by atoms with Gasteiger partial charge in [0.25, 0.3) is 5.91 Å². The average Bonchev–Trinajstić information content (AvgIpc) is 3.10. The monoisotopic (exact) mass is 334 g/mol. The molecule has 0 radical (unpaired) electrons. The maximum absolute atomic E-state index is 12.6. The summed E-state index contributed by atoms with van der Waals surface area (Å²) in [5, 5.41) is 11.1. The minimum absolute atomic E-state index is 0.00494.